The fourth-order valence-corrected chi connectivity index (χ4v) is 5.82. The zero-order valence-corrected chi connectivity index (χ0v) is 23.5. The molecule has 3 N–H and O–H groups in total. The molecule has 0 radical (unpaired) electrons. The first-order valence-corrected chi connectivity index (χ1v) is 15.8. The number of nitrogens with one attached hydrogen (secondary N) is 3. The van der Waals surface area contributed by atoms with Crippen molar-refractivity contribution < 1.29 is 8.42 Å². The van der Waals surface area contributed by atoms with Crippen LogP contribution in [-0.2, 0) is 22.9 Å². The summed E-state index contributed by atoms with van der Waals surface area (Å²) in [7, 11) is -2.98. The highest BCUT2D eigenvalue weighted by Gasteiger charge is 2.20. The second kappa shape index (κ2) is 11.1. The van der Waals surface area contributed by atoms with Gasteiger partial charge in [-0.3, -0.25) is 4.68 Å². The van der Waals surface area contributed by atoms with E-state index in [1.165, 1.54) is 11.8 Å². The summed E-state index contributed by atoms with van der Waals surface area (Å²) in [4.78, 5) is 6.73. The van der Waals surface area contributed by atoms with Crippen LogP contribution in [0.25, 0.3) is 10.9 Å². The van der Waals surface area contributed by atoms with Crippen LogP contribution in [0.15, 0.2) is 108 Å². The van der Waals surface area contributed by atoms with E-state index in [9.17, 15) is 8.42 Å². The molecule has 204 valence electrons. The summed E-state index contributed by atoms with van der Waals surface area (Å²) in [6.07, 6.45) is 13.2. The fourth-order valence-electron chi connectivity index (χ4n) is 4.55. The van der Waals surface area contributed by atoms with Crippen LogP contribution in [0.4, 0.5) is 11.5 Å². The number of hydrogen-bond acceptors (Lipinski definition) is 9. The maximum atomic E-state index is 11.3. The molecule has 6 rings (SSSR count). The molecule has 11 heteroatoms. The number of nitrogens with zero attached hydrogens (tertiary/aromatic N) is 4. The number of benzene rings is 2. The first kappa shape index (κ1) is 26.1. The van der Waals surface area contributed by atoms with Crippen molar-refractivity contribution in [2.45, 2.75) is 13.1 Å². The van der Waals surface area contributed by atoms with Gasteiger partial charge in [0.05, 0.1) is 29.7 Å². The number of thiazole rings is 1. The molecule has 2 aliphatic rings. The molecule has 2 aromatic carbocycles. The molecule has 0 saturated carbocycles. The van der Waals surface area contributed by atoms with Crippen LogP contribution in [0, 0.1) is 0 Å². The van der Waals surface area contributed by atoms with Gasteiger partial charge in [-0.2, -0.15) is 5.10 Å². The molecule has 0 amide bonds. The smallest absolute Gasteiger partial charge is 0.148 e. The van der Waals surface area contributed by atoms with E-state index < -0.39 is 9.84 Å². The largest absolute Gasteiger partial charge is 0.365 e. The van der Waals surface area contributed by atoms with Crippen molar-refractivity contribution in [3.63, 3.8) is 0 Å². The molecule has 0 atom stereocenters. The average molecular weight is 572 g/mol. The molecule has 9 nitrogen and oxygen atoms in total. The van der Waals surface area contributed by atoms with Gasteiger partial charge < -0.3 is 20.9 Å². The Hall–Kier alpha value is -4.19. The Kier molecular flexibility index (Phi) is 7.25. The highest BCUT2D eigenvalue weighted by molar-refractivity contribution is 7.90. The van der Waals surface area contributed by atoms with E-state index in [-0.39, 0.29) is 5.75 Å². The molecule has 0 saturated heterocycles. The van der Waals surface area contributed by atoms with Crippen molar-refractivity contribution in [3.05, 3.63) is 118 Å². The predicted molar refractivity (Wildman–Crippen MR) is 161 cm³/mol. The number of rotatable bonds is 10. The van der Waals surface area contributed by atoms with Crippen molar-refractivity contribution in [1.82, 2.24) is 25.4 Å². The molecular formula is C29H29N7O2S2. The van der Waals surface area contributed by atoms with E-state index >= 15 is 0 Å². The molecule has 4 aromatic rings. The molecule has 0 aliphatic carbocycles. The third-order valence-corrected chi connectivity index (χ3v) is 8.36. The standard InChI is InChI=1S/C29H29N7O2S2/c1-40(37,38)12-10-30-17-29-34-28(20-39-29)35-11-9-22-14-31-16-26(25(22)19-35)33-24-7-8-27-23(13-24)15-32-36(27)18-21-5-3-2-4-6-21/h2-9,11,13-16,19-20,30-31,33H,10,12,17-18H2,1H3. The molecular weight excluding hydrogens is 543 g/mol. The van der Waals surface area contributed by atoms with Gasteiger partial charge in [0.2, 0.25) is 0 Å². The van der Waals surface area contributed by atoms with Crippen molar-refractivity contribution in [1.29, 1.82) is 0 Å². The Bertz CT molecular complexity index is 1770. The zero-order chi connectivity index (χ0) is 27.5. The normalized spacial score (nSPS) is 14.8. The van der Waals surface area contributed by atoms with Crippen LogP contribution in [0.5, 0.6) is 0 Å². The second-order valence-corrected chi connectivity index (χ2v) is 12.9. The maximum Gasteiger partial charge on any atom is 0.148 e. The summed E-state index contributed by atoms with van der Waals surface area (Å²) in [5, 5.41) is 18.6. The van der Waals surface area contributed by atoms with Gasteiger partial charge in [0, 0.05) is 71.7 Å². The van der Waals surface area contributed by atoms with Gasteiger partial charge in [-0.15, -0.1) is 11.3 Å². The molecule has 0 fully saturated rings. The summed E-state index contributed by atoms with van der Waals surface area (Å²) in [6.45, 7) is 1.66. The topological polar surface area (TPSA) is 104 Å². The maximum absolute atomic E-state index is 11.3. The van der Waals surface area contributed by atoms with Gasteiger partial charge in [-0.1, -0.05) is 30.3 Å². The van der Waals surface area contributed by atoms with Crippen LogP contribution < -0.4 is 20.9 Å². The van der Waals surface area contributed by atoms with Crippen LogP contribution >= 0.6 is 11.3 Å². The zero-order valence-electron chi connectivity index (χ0n) is 21.9. The molecule has 40 heavy (non-hydrogen) atoms. The number of aromatic nitrogens is 3. The van der Waals surface area contributed by atoms with Gasteiger partial charge in [0.15, 0.2) is 0 Å². The van der Waals surface area contributed by atoms with Crippen molar-refractivity contribution in [3.8, 4) is 0 Å². The average Bonchev–Trinajstić information content (AvgIpc) is 3.58. The number of hydrogen-bond donors (Lipinski definition) is 3. The third kappa shape index (κ3) is 6.01. The summed E-state index contributed by atoms with van der Waals surface area (Å²) in [5.74, 6) is 0.929. The first-order valence-electron chi connectivity index (χ1n) is 12.9. The monoisotopic (exact) mass is 571 g/mol. The summed E-state index contributed by atoms with van der Waals surface area (Å²) in [5.41, 5.74) is 6.32. The Morgan fingerprint density at radius 1 is 1.10 bits per heavy atom. The van der Waals surface area contributed by atoms with Gasteiger partial charge in [-0.25, -0.2) is 13.4 Å². The van der Waals surface area contributed by atoms with E-state index in [0.717, 1.165) is 50.8 Å². The lowest BCUT2D eigenvalue weighted by molar-refractivity contribution is 0.596. The summed E-state index contributed by atoms with van der Waals surface area (Å²) >= 11 is 1.54. The Labute approximate surface area is 237 Å². The van der Waals surface area contributed by atoms with E-state index in [2.05, 4.69) is 63.7 Å². The highest BCUT2D eigenvalue weighted by Crippen LogP contribution is 2.32. The Morgan fingerprint density at radius 3 is 2.83 bits per heavy atom. The molecule has 0 bridgehead atoms. The lowest BCUT2D eigenvalue weighted by Gasteiger charge is -2.26. The van der Waals surface area contributed by atoms with E-state index in [4.69, 9.17) is 4.98 Å². The minimum Gasteiger partial charge on any atom is -0.365 e. The molecule has 0 unspecified atom stereocenters. The van der Waals surface area contributed by atoms with Gasteiger partial charge in [0.25, 0.3) is 0 Å². The lowest BCUT2D eigenvalue weighted by atomic mass is 10.0. The SMILES string of the molecule is CS(=O)(=O)CCNCc1nc(N2C=CC3=CNC=C(Nc4ccc5c(cnn5Cc5ccccc5)c4)C3=C2)cs1. The van der Waals surface area contributed by atoms with E-state index in [1.54, 1.807) is 11.3 Å². The molecule has 2 aliphatic heterocycles. The quantitative estimate of drug-likeness (QED) is 0.242. The Balaban J connectivity index is 1.15. The Morgan fingerprint density at radius 2 is 1.98 bits per heavy atom. The lowest BCUT2D eigenvalue weighted by Crippen LogP contribution is -2.22. The van der Waals surface area contributed by atoms with Crippen molar-refractivity contribution in [2.24, 2.45) is 0 Å². The van der Waals surface area contributed by atoms with Crippen LogP contribution in [-0.4, -0.2) is 41.7 Å². The molecule has 0 spiro atoms. The van der Waals surface area contributed by atoms with Crippen LogP contribution in [0.1, 0.15) is 10.6 Å². The van der Waals surface area contributed by atoms with Crippen LogP contribution in [0.3, 0.4) is 0 Å². The van der Waals surface area contributed by atoms with Crippen molar-refractivity contribution in [2.75, 3.05) is 28.8 Å². The van der Waals surface area contributed by atoms with Gasteiger partial charge in [-0.05, 0) is 29.8 Å². The van der Waals surface area contributed by atoms with Crippen LogP contribution in [0.2, 0.25) is 0 Å². The minimum atomic E-state index is -2.98. The van der Waals surface area contributed by atoms with Gasteiger partial charge in [0.1, 0.15) is 20.7 Å². The fraction of sp³-hybridized carbons (Fsp3) is 0.172. The molecule has 4 heterocycles. The van der Waals surface area contributed by atoms with E-state index in [1.807, 2.05) is 58.0 Å². The van der Waals surface area contributed by atoms with Crippen molar-refractivity contribution >= 4 is 43.6 Å². The second-order valence-electron chi connectivity index (χ2n) is 9.68. The van der Waals surface area contributed by atoms with E-state index in [0.29, 0.717) is 13.1 Å². The summed E-state index contributed by atoms with van der Waals surface area (Å²) < 4.78 is 24.7. The van der Waals surface area contributed by atoms with Gasteiger partial charge >= 0.3 is 0 Å². The summed E-state index contributed by atoms with van der Waals surface area (Å²) in [6, 6.07) is 16.6. The predicted octanol–water partition coefficient (Wildman–Crippen LogP) is 4.33. The third-order valence-electron chi connectivity index (χ3n) is 6.58. The number of fused-ring (bicyclic) bond motifs is 2. The number of anilines is 2. The highest BCUT2D eigenvalue weighted by atomic mass is 32.2. The minimum absolute atomic E-state index is 0.112. The number of allylic oxidation sites excluding steroid dienone is 2. The molecule has 2 aromatic heterocycles. The first-order chi connectivity index (χ1) is 19.4. The number of dihydropyridines is 1. The number of sulfone groups is 1.